The smallest absolute Gasteiger partial charge is 0.378 e. The molecule has 13 heteroatoms. The van der Waals surface area contributed by atoms with E-state index in [4.69, 9.17) is 4.74 Å². The lowest BCUT2D eigenvalue weighted by atomic mass is 9.99. The van der Waals surface area contributed by atoms with Gasteiger partial charge in [0.25, 0.3) is 0 Å². The van der Waals surface area contributed by atoms with Crippen molar-refractivity contribution in [1.82, 2.24) is 9.88 Å². The molecule has 0 spiro atoms. The summed E-state index contributed by atoms with van der Waals surface area (Å²) >= 11 is 0.476. The number of carbonyl (C=O) groups is 2. The topological polar surface area (TPSA) is 71.5 Å². The first-order chi connectivity index (χ1) is 19.4. The molecule has 0 saturated carbocycles. The Kier molecular flexibility index (Phi) is 9.38. The number of benzene rings is 2. The molecule has 0 radical (unpaired) electrons. The molecule has 4 rings (SSSR count). The van der Waals surface area contributed by atoms with Crippen LogP contribution in [0.3, 0.4) is 0 Å². The van der Waals surface area contributed by atoms with Gasteiger partial charge in [0.15, 0.2) is 0 Å². The van der Waals surface area contributed by atoms with Crippen LogP contribution in [0.2, 0.25) is 0 Å². The van der Waals surface area contributed by atoms with Crippen LogP contribution in [0.15, 0.2) is 76.7 Å². The van der Waals surface area contributed by atoms with Gasteiger partial charge < -0.3 is 15.0 Å². The van der Waals surface area contributed by atoms with Gasteiger partial charge >= 0.3 is 12.4 Å². The minimum absolute atomic E-state index is 0.0472. The third-order valence-corrected chi connectivity index (χ3v) is 6.96. The van der Waals surface area contributed by atoms with E-state index in [0.717, 1.165) is 24.3 Å². The molecule has 3 aromatic rings. The number of ether oxygens (including phenoxy) is 1. The minimum Gasteiger partial charge on any atom is -0.378 e. The number of carbonyl (C=O) groups excluding carboxylic acids is 2. The Bertz CT molecular complexity index is 1420. The fraction of sp³-hybridized carbons (Fsp3) is 0.250. The van der Waals surface area contributed by atoms with E-state index >= 15 is 0 Å². The van der Waals surface area contributed by atoms with Crippen molar-refractivity contribution in [1.29, 1.82) is 0 Å². The second kappa shape index (κ2) is 12.8. The number of rotatable bonds is 7. The normalized spacial score (nSPS) is 14.3. The number of morpholine rings is 1. The third-order valence-electron chi connectivity index (χ3n) is 5.91. The monoisotopic (exact) mass is 595 g/mol. The van der Waals surface area contributed by atoms with E-state index < -0.39 is 45.8 Å². The van der Waals surface area contributed by atoms with Crippen molar-refractivity contribution in [2.24, 2.45) is 0 Å². The van der Waals surface area contributed by atoms with Gasteiger partial charge in [-0.3, -0.25) is 14.6 Å². The number of anilines is 1. The maximum atomic E-state index is 14.2. The third kappa shape index (κ3) is 8.10. The Morgan fingerprint density at radius 3 is 2.34 bits per heavy atom. The van der Waals surface area contributed by atoms with Gasteiger partial charge in [-0.1, -0.05) is 30.0 Å². The molecule has 0 bridgehead atoms. The van der Waals surface area contributed by atoms with Gasteiger partial charge in [0.1, 0.15) is 0 Å². The van der Waals surface area contributed by atoms with Crippen LogP contribution < -0.4 is 5.32 Å². The molecule has 1 saturated heterocycles. The number of pyridine rings is 1. The van der Waals surface area contributed by atoms with E-state index in [1.54, 1.807) is 18.2 Å². The number of alkyl halides is 6. The highest BCUT2D eigenvalue weighted by molar-refractivity contribution is 7.99. The lowest BCUT2D eigenvalue weighted by Gasteiger charge is -2.25. The van der Waals surface area contributed by atoms with Crippen LogP contribution in [0, 0.1) is 0 Å². The summed E-state index contributed by atoms with van der Waals surface area (Å²) in [6.45, 7) is 0.960. The van der Waals surface area contributed by atoms with Crippen LogP contribution in [-0.4, -0.2) is 48.0 Å². The van der Waals surface area contributed by atoms with Gasteiger partial charge in [-0.2, -0.15) is 26.3 Å². The number of halogens is 6. The lowest BCUT2D eigenvalue weighted by Crippen LogP contribution is -2.39. The molecular formula is C28H23F6N3O3S. The van der Waals surface area contributed by atoms with Crippen LogP contribution in [0.5, 0.6) is 0 Å². The predicted molar refractivity (Wildman–Crippen MR) is 140 cm³/mol. The Hall–Kier alpha value is -3.84. The fourth-order valence-electron chi connectivity index (χ4n) is 4.10. The first-order valence-corrected chi connectivity index (χ1v) is 13.1. The highest BCUT2D eigenvalue weighted by atomic mass is 32.2. The Balaban J connectivity index is 1.62. The summed E-state index contributed by atoms with van der Waals surface area (Å²) in [5, 5.41) is 2.61. The molecule has 6 nitrogen and oxygen atoms in total. The molecule has 2 amide bonds. The SMILES string of the molecule is O=C(Cc1ccccn1)Nc1cccc(Sc2ccc(/C=C/C(=O)N3CCOCC3)c(C(F)(F)F)c2C(F)(F)F)c1. The molecule has 0 unspecified atom stereocenters. The van der Waals surface area contributed by atoms with Crippen molar-refractivity contribution in [3.63, 3.8) is 0 Å². The Morgan fingerprint density at radius 1 is 0.951 bits per heavy atom. The van der Waals surface area contributed by atoms with E-state index in [9.17, 15) is 35.9 Å². The molecule has 216 valence electrons. The first kappa shape index (κ1) is 30.1. The van der Waals surface area contributed by atoms with Gasteiger partial charge in [0, 0.05) is 46.5 Å². The van der Waals surface area contributed by atoms with Gasteiger partial charge in [0.2, 0.25) is 11.8 Å². The summed E-state index contributed by atoms with van der Waals surface area (Å²) in [5.41, 5.74) is -3.78. The summed E-state index contributed by atoms with van der Waals surface area (Å²) < 4.78 is 90.0. The highest BCUT2D eigenvalue weighted by Gasteiger charge is 2.46. The number of hydrogen-bond acceptors (Lipinski definition) is 5. The zero-order valence-corrected chi connectivity index (χ0v) is 22.1. The maximum absolute atomic E-state index is 14.2. The minimum atomic E-state index is -5.37. The van der Waals surface area contributed by atoms with Crippen LogP contribution >= 0.6 is 11.8 Å². The quantitative estimate of drug-likeness (QED) is 0.256. The van der Waals surface area contributed by atoms with Crippen molar-refractivity contribution in [2.45, 2.75) is 28.6 Å². The van der Waals surface area contributed by atoms with E-state index in [-0.39, 0.29) is 43.3 Å². The molecule has 1 aromatic heterocycles. The van der Waals surface area contributed by atoms with E-state index in [2.05, 4.69) is 10.3 Å². The number of nitrogens with zero attached hydrogens (tertiary/aromatic N) is 2. The molecule has 2 aromatic carbocycles. The standard InChI is InChI=1S/C28H23F6N3O3S/c29-27(30,31)25-18(8-10-24(39)37-12-14-40-15-13-37)7-9-22(26(25)28(32,33)34)41-21-6-3-5-20(16-21)36-23(38)17-19-4-1-2-11-35-19/h1-11,16H,12-15,17H2,(H,36,38)/b10-8+. The Labute approximate surface area is 235 Å². The Morgan fingerprint density at radius 2 is 1.68 bits per heavy atom. The zero-order chi connectivity index (χ0) is 29.6. The van der Waals surface area contributed by atoms with Gasteiger partial charge in [0.05, 0.1) is 30.8 Å². The van der Waals surface area contributed by atoms with Crippen molar-refractivity contribution in [3.05, 3.63) is 89.3 Å². The number of nitrogens with one attached hydrogen (secondary N) is 1. The van der Waals surface area contributed by atoms with Crippen LogP contribution in [-0.2, 0) is 33.1 Å². The molecule has 2 heterocycles. The van der Waals surface area contributed by atoms with Crippen molar-refractivity contribution >= 4 is 35.3 Å². The zero-order valence-electron chi connectivity index (χ0n) is 21.3. The van der Waals surface area contributed by atoms with E-state index in [0.29, 0.717) is 17.5 Å². The average Bonchev–Trinajstić information content (AvgIpc) is 2.92. The van der Waals surface area contributed by atoms with Crippen LogP contribution in [0.25, 0.3) is 6.08 Å². The number of hydrogen-bond donors (Lipinski definition) is 1. The summed E-state index contributed by atoms with van der Waals surface area (Å²) in [7, 11) is 0. The average molecular weight is 596 g/mol. The number of amides is 2. The second-order valence-corrected chi connectivity index (χ2v) is 9.96. The second-order valence-electron chi connectivity index (χ2n) is 8.85. The molecule has 41 heavy (non-hydrogen) atoms. The molecule has 1 N–H and O–H groups in total. The predicted octanol–water partition coefficient (Wildman–Crippen LogP) is 6.32. The summed E-state index contributed by atoms with van der Waals surface area (Å²) in [5.74, 6) is -1.06. The van der Waals surface area contributed by atoms with Crippen LogP contribution in [0.1, 0.15) is 22.4 Å². The van der Waals surface area contributed by atoms with E-state index in [1.807, 2.05) is 0 Å². The molecule has 1 aliphatic heterocycles. The molecule has 0 atom stereocenters. The highest BCUT2D eigenvalue weighted by Crippen LogP contribution is 2.48. The van der Waals surface area contributed by atoms with Crippen molar-refractivity contribution in [2.75, 3.05) is 31.6 Å². The molecule has 1 aliphatic rings. The molecular weight excluding hydrogens is 572 g/mol. The lowest BCUT2D eigenvalue weighted by molar-refractivity contribution is -0.163. The largest absolute Gasteiger partial charge is 0.418 e. The molecule has 0 aliphatic carbocycles. The summed E-state index contributed by atoms with van der Waals surface area (Å²) in [6.07, 6.45) is -7.67. The first-order valence-electron chi connectivity index (χ1n) is 12.3. The molecule has 1 fully saturated rings. The summed E-state index contributed by atoms with van der Waals surface area (Å²) in [6, 6.07) is 12.6. The van der Waals surface area contributed by atoms with Crippen molar-refractivity contribution in [3.8, 4) is 0 Å². The van der Waals surface area contributed by atoms with Crippen molar-refractivity contribution < 1.29 is 40.7 Å². The summed E-state index contributed by atoms with van der Waals surface area (Å²) in [4.78, 5) is 29.6. The fourth-order valence-corrected chi connectivity index (χ4v) is 5.14. The van der Waals surface area contributed by atoms with Crippen LogP contribution in [0.4, 0.5) is 32.0 Å². The maximum Gasteiger partial charge on any atom is 0.418 e. The van der Waals surface area contributed by atoms with Gasteiger partial charge in [-0.05, 0) is 48.0 Å². The number of aromatic nitrogens is 1. The van der Waals surface area contributed by atoms with Gasteiger partial charge in [-0.25, -0.2) is 0 Å². The van der Waals surface area contributed by atoms with Gasteiger partial charge in [-0.15, -0.1) is 0 Å². The van der Waals surface area contributed by atoms with E-state index in [1.165, 1.54) is 35.4 Å².